The van der Waals surface area contributed by atoms with Crippen molar-refractivity contribution in [2.75, 3.05) is 13.2 Å². The van der Waals surface area contributed by atoms with Crippen LogP contribution in [0.25, 0.3) is 20.5 Å². The number of hydrogen-bond acceptors (Lipinski definition) is 6. The molecule has 184 valence electrons. The summed E-state index contributed by atoms with van der Waals surface area (Å²) in [5, 5.41) is 17.4. The number of fused-ring (bicyclic) bond motifs is 2. The summed E-state index contributed by atoms with van der Waals surface area (Å²) in [6.45, 7) is 2.33. The van der Waals surface area contributed by atoms with Gasteiger partial charge in [0, 0.05) is 28.2 Å². The summed E-state index contributed by atoms with van der Waals surface area (Å²) in [5.41, 5.74) is 2.68. The molecule has 1 atom stereocenters. The molecule has 6 rings (SSSR count). The third-order valence-corrected chi connectivity index (χ3v) is 8.05. The maximum absolute atomic E-state index is 12.0. The molecule has 0 spiro atoms. The highest BCUT2D eigenvalue weighted by molar-refractivity contribution is 7.22. The van der Waals surface area contributed by atoms with Crippen LogP contribution in [0.1, 0.15) is 41.6 Å². The zero-order valence-electron chi connectivity index (χ0n) is 19.9. The maximum atomic E-state index is 12.0. The second-order valence-corrected chi connectivity index (χ2v) is 10.4. The van der Waals surface area contributed by atoms with Gasteiger partial charge in [-0.2, -0.15) is 0 Å². The predicted molar refractivity (Wildman–Crippen MR) is 142 cm³/mol. The Kier molecular flexibility index (Phi) is 6.25. The number of amides is 1. The van der Waals surface area contributed by atoms with Crippen LogP contribution in [-0.2, 0) is 6.54 Å². The summed E-state index contributed by atoms with van der Waals surface area (Å²) >= 11 is 1.56. The number of rotatable bonds is 7. The van der Waals surface area contributed by atoms with Crippen molar-refractivity contribution in [3.63, 3.8) is 0 Å². The Morgan fingerprint density at radius 1 is 1.00 bits per heavy atom. The van der Waals surface area contributed by atoms with Crippen LogP contribution in [0.5, 0.6) is 23.0 Å². The number of carbonyl (C=O) groups is 1. The lowest BCUT2D eigenvalue weighted by Crippen LogP contribution is -2.35. The molecule has 4 aromatic rings. The molecule has 1 amide bonds. The van der Waals surface area contributed by atoms with Gasteiger partial charge in [-0.05, 0) is 91.5 Å². The molecule has 2 aliphatic heterocycles. The van der Waals surface area contributed by atoms with E-state index in [4.69, 9.17) is 9.47 Å². The SMILES string of the molecule is O=C1NCc2cc(-c3sc4cc(O)ccc4c3Oc3ccc(OCCC4CCCCN4)cc3)ccc21. The second kappa shape index (κ2) is 9.84. The average molecular weight is 501 g/mol. The normalized spacial score (nSPS) is 17.1. The molecule has 7 heteroatoms. The topological polar surface area (TPSA) is 79.8 Å². The second-order valence-electron chi connectivity index (χ2n) is 9.35. The minimum absolute atomic E-state index is 0.0356. The average Bonchev–Trinajstić information content (AvgIpc) is 3.45. The molecule has 1 saturated heterocycles. The lowest BCUT2D eigenvalue weighted by Gasteiger charge is -2.23. The minimum Gasteiger partial charge on any atom is -0.508 e. The number of thiophene rings is 1. The molecule has 0 bridgehead atoms. The van der Waals surface area contributed by atoms with Gasteiger partial charge < -0.3 is 25.2 Å². The van der Waals surface area contributed by atoms with E-state index in [0.29, 0.717) is 24.9 Å². The third kappa shape index (κ3) is 4.64. The van der Waals surface area contributed by atoms with Crippen LogP contribution in [-0.4, -0.2) is 30.2 Å². The fraction of sp³-hybridized carbons (Fsp3) is 0.276. The third-order valence-electron chi connectivity index (χ3n) is 6.87. The first-order chi connectivity index (χ1) is 17.6. The summed E-state index contributed by atoms with van der Waals surface area (Å²) < 4.78 is 13.3. The van der Waals surface area contributed by atoms with Crippen LogP contribution in [0.4, 0.5) is 0 Å². The Bertz CT molecular complexity index is 1410. The number of nitrogens with one attached hydrogen (secondary N) is 2. The largest absolute Gasteiger partial charge is 0.508 e. The number of aromatic hydroxyl groups is 1. The fourth-order valence-electron chi connectivity index (χ4n) is 4.94. The smallest absolute Gasteiger partial charge is 0.251 e. The van der Waals surface area contributed by atoms with Gasteiger partial charge in [0.25, 0.3) is 5.91 Å². The molecule has 3 heterocycles. The quantitative estimate of drug-likeness (QED) is 0.281. The molecule has 2 aliphatic rings. The van der Waals surface area contributed by atoms with Gasteiger partial charge in [-0.15, -0.1) is 11.3 Å². The number of ether oxygens (including phenoxy) is 2. The molecule has 36 heavy (non-hydrogen) atoms. The number of carbonyl (C=O) groups excluding carboxylic acids is 1. The highest BCUT2D eigenvalue weighted by atomic mass is 32.1. The van der Waals surface area contributed by atoms with E-state index in [1.54, 1.807) is 23.5 Å². The Hall–Kier alpha value is -3.55. The van der Waals surface area contributed by atoms with E-state index < -0.39 is 0 Å². The zero-order valence-corrected chi connectivity index (χ0v) is 20.7. The van der Waals surface area contributed by atoms with Crippen LogP contribution in [0.3, 0.4) is 0 Å². The molecule has 0 aliphatic carbocycles. The monoisotopic (exact) mass is 500 g/mol. The first-order valence-electron chi connectivity index (χ1n) is 12.5. The molecule has 6 nitrogen and oxygen atoms in total. The highest BCUT2D eigenvalue weighted by Crippen LogP contribution is 2.47. The van der Waals surface area contributed by atoms with Crippen LogP contribution in [0.2, 0.25) is 0 Å². The molecule has 1 fully saturated rings. The summed E-state index contributed by atoms with van der Waals surface area (Å²) in [4.78, 5) is 13.0. The molecule has 3 aromatic carbocycles. The fourth-order valence-corrected chi connectivity index (χ4v) is 6.10. The van der Waals surface area contributed by atoms with Crippen molar-refractivity contribution >= 4 is 27.3 Å². The van der Waals surface area contributed by atoms with E-state index >= 15 is 0 Å². The molecule has 0 radical (unpaired) electrons. The Morgan fingerprint density at radius 3 is 2.69 bits per heavy atom. The van der Waals surface area contributed by atoms with Crippen LogP contribution in [0.15, 0.2) is 60.7 Å². The highest BCUT2D eigenvalue weighted by Gasteiger charge is 2.22. The van der Waals surface area contributed by atoms with Gasteiger partial charge in [0.15, 0.2) is 5.75 Å². The first kappa shape index (κ1) is 22.9. The Labute approximate surface area is 213 Å². The van der Waals surface area contributed by atoms with Crippen LogP contribution >= 0.6 is 11.3 Å². The van der Waals surface area contributed by atoms with Crippen molar-refractivity contribution in [2.45, 2.75) is 38.3 Å². The van der Waals surface area contributed by atoms with Crippen molar-refractivity contribution in [2.24, 2.45) is 0 Å². The summed E-state index contributed by atoms with van der Waals surface area (Å²) in [6.07, 6.45) is 4.80. The number of hydrogen-bond donors (Lipinski definition) is 3. The van der Waals surface area contributed by atoms with E-state index in [2.05, 4.69) is 10.6 Å². The van der Waals surface area contributed by atoms with E-state index in [0.717, 1.165) is 56.1 Å². The number of piperidine rings is 1. The molecule has 1 unspecified atom stereocenters. The van der Waals surface area contributed by atoms with Gasteiger partial charge in [-0.3, -0.25) is 4.79 Å². The van der Waals surface area contributed by atoms with E-state index in [9.17, 15) is 9.90 Å². The van der Waals surface area contributed by atoms with Crippen molar-refractivity contribution in [1.82, 2.24) is 10.6 Å². The van der Waals surface area contributed by atoms with Gasteiger partial charge >= 0.3 is 0 Å². The van der Waals surface area contributed by atoms with Gasteiger partial charge in [0.1, 0.15) is 17.2 Å². The maximum Gasteiger partial charge on any atom is 0.251 e. The lowest BCUT2D eigenvalue weighted by atomic mass is 10.0. The first-order valence-corrected chi connectivity index (χ1v) is 13.3. The zero-order chi connectivity index (χ0) is 24.5. The number of phenolic OH excluding ortho intramolecular Hbond substituents is 1. The lowest BCUT2D eigenvalue weighted by molar-refractivity contribution is 0.0965. The van der Waals surface area contributed by atoms with Crippen molar-refractivity contribution in [3.8, 4) is 33.4 Å². The van der Waals surface area contributed by atoms with Crippen molar-refractivity contribution in [1.29, 1.82) is 0 Å². The van der Waals surface area contributed by atoms with E-state index in [1.807, 2.05) is 48.5 Å². The van der Waals surface area contributed by atoms with Gasteiger partial charge in [0.2, 0.25) is 0 Å². The molecule has 3 N–H and O–H groups in total. The summed E-state index contributed by atoms with van der Waals surface area (Å²) in [7, 11) is 0. The Morgan fingerprint density at radius 2 is 1.86 bits per heavy atom. The molecule has 1 aromatic heterocycles. The minimum atomic E-state index is -0.0356. The summed E-state index contributed by atoms with van der Waals surface area (Å²) in [6, 6.07) is 19.5. The van der Waals surface area contributed by atoms with E-state index in [1.165, 1.54) is 19.3 Å². The number of benzene rings is 3. The molecule has 0 saturated carbocycles. The Balaban J connectivity index is 1.24. The van der Waals surface area contributed by atoms with Crippen LogP contribution < -0.4 is 20.1 Å². The van der Waals surface area contributed by atoms with Crippen LogP contribution in [0, 0.1) is 0 Å². The van der Waals surface area contributed by atoms with E-state index in [-0.39, 0.29) is 11.7 Å². The van der Waals surface area contributed by atoms with Crippen molar-refractivity contribution < 1.29 is 19.4 Å². The summed E-state index contributed by atoms with van der Waals surface area (Å²) in [5.74, 6) is 2.46. The molecular weight excluding hydrogens is 472 g/mol. The number of phenols is 1. The standard InChI is InChI=1S/C29H28N2O4S/c32-21-5-11-25-26(16-21)36-28(18-4-10-24-19(15-18)17-31-29(24)33)27(25)35-23-8-6-22(7-9-23)34-14-12-20-3-1-2-13-30-20/h4-11,15-16,20,30,32H,1-3,12-14,17H2,(H,31,33). The molecular formula is C29H28N2O4S. The van der Waals surface area contributed by atoms with Gasteiger partial charge in [0.05, 0.1) is 11.5 Å². The van der Waals surface area contributed by atoms with Gasteiger partial charge in [-0.25, -0.2) is 0 Å². The van der Waals surface area contributed by atoms with Gasteiger partial charge in [-0.1, -0.05) is 12.5 Å². The predicted octanol–water partition coefficient (Wildman–Crippen LogP) is 6.22. The van der Waals surface area contributed by atoms with Crippen molar-refractivity contribution in [3.05, 3.63) is 71.8 Å².